The van der Waals surface area contributed by atoms with Gasteiger partial charge in [-0.15, -0.1) is 24.8 Å². The van der Waals surface area contributed by atoms with Crippen LogP contribution in [-0.4, -0.2) is 49.6 Å². The highest BCUT2D eigenvalue weighted by Crippen LogP contribution is 2.22. The largest absolute Gasteiger partial charge is 0.371 e. The van der Waals surface area contributed by atoms with Gasteiger partial charge in [-0.05, 0) is 44.4 Å². The van der Waals surface area contributed by atoms with E-state index in [0.717, 1.165) is 38.9 Å². The van der Waals surface area contributed by atoms with Gasteiger partial charge in [0.05, 0.1) is 0 Å². The summed E-state index contributed by atoms with van der Waals surface area (Å²) in [6.07, 6.45) is 5.17. The van der Waals surface area contributed by atoms with Gasteiger partial charge in [-0.3, -0.25) is 4.79 Å². The SMILES string of the molecule is CN(c1ccccc1)C1CCN(C(=O)CC2CCCN2)CC1.Cl.Cl. The van der Waals surface area contributed by atoms with Crippen LogP contribution in [0.2, 0.25) is 0 Å². The second-order valence-electron chi connectivity index (χ2n) is 6.56. The van der Waals surface area contributed by atoms with Crippen molar-refractivity contribution in [3.63, 3.8) is 0 Å². The summed E-state index contributed by atoms with van der Waals surface area (Å²) in [5, 5.41) is 3.42. The average Bonchev–Trinajstić information content (AvgIpc) is 3.08. The van der Waals surface area contributed by atoms with Crippen LogP contribution in [0.1, 0.15) is 32.1 Å². The molecule has 2 heterocycles. The molecule has 1 amide bonds. The zero-order valence-electron chi connectivity index (χ0n) is 14.3. The number of para-hydroxylation sites is 1. The van der Waals surface area contributed by atoms with E-state index in [2.05, 4.69) is 52.5 Å². The van der Waals surface area contributed by atoms with Gasteiger partial charge in [0.25, 0.3) is 0 Å². The minimum absolute atomic E-state index is 0. The molecule has 0 spiro atoms. The lowest BCUT2D eigenvalue weighted by atomic mass is 10.0. The Labute approximate surface area is 157 Å². The third-order valence-corrected chi connectivity index (χ3v) is 5.11. The fourth-order valence-electron chi connectivity index (χ4n) is 3.65. The van der Waals surface area contributed by atoms with E-state index < -0.39 is 0 Å². The Kier molecular flexibility index (Phi) is 8.88. The number of piperidine rings is 1. The van der Waals surface area contributed by atoms with Gasteiger partial charge in [0, 0.05) is 44.3 Å². The molecule has 2 aliphatic heterocycles. The van der Waals surface area contributed by atoms with Crippen molar-refractivity contribution in [1.29, 1.82) is 0 Å². The van der Waals surface area contributed by atoms with Crippen LogP contribution in [0.25, 0.3) is 0 Å². The molecule has 1 N–H and O–H groups in total. The number of hydrogen-bond donors (Lipinski definition) is 1. The van der Waals surface area contributed by atoms with Crippen molar-refractivity contribution in [1.82, 2.24) is 10.2 Å². The van der Waals surface area contributed by atoms with E-state index in [0.29, 0.717) is 24.4 Å². The Morgan fingerprint density at radius 1 is 1.17 bits per heavy atom. The second kappa shape index (κ2) is 10.1. The molecule has 1 unspecified atom stereocenters. The standard InChI is InChI=1S/C18H27N3O.2ClH/c1-20(16-7-3-2-4-8-16)17-9-12-21(13-10-17)18(22)14-15-6-5-11-19-15;;/h2-4,7-8,15,17,19H,5-6,9-14H2,1H3;2*1H. The van der Waals surface area contributed by atoms with Crippen molar-refractivity contribution in [2.75, 3.05) is 31.6 Å². The summed E-state index contributed by atoms with van der Waals surface area (Å²) in [5.74, 6) is 0.334. The van der Waals surface area contributed by atoms with E-state index in [1.165, 1.54) is 12.1 Å². The minimum Gasteiger partial charge on any atom is -0.371 e. The van der Waals surface area contributed by atoms with Gasteiger partial charge in [0.2, 0.25) is 5.91 Å². The molecule has 1 atom stereocenters. The molecule has 0 aliphatic carbocycles. The maximum Gasteiger partial charge on any atom is 0.224 e. The minimum atomic E-state index is 0. The Morgan fingerprint density at radius 3 is 2.42 bits per heavy atom. The fourth-order valence-corrected chi connectivity index (χ4v) is 3.65. The first-order valence-electron chi connectivity index (χ1n) is 8.53. The quantitative estimate of drug-likeness (QED) is 0.880. The lowest BCUT2D eigenvalue weighted by Gasteiger charge is -2.38. The summed E-state index contributed by atoms with van der Waals surface area (Å²) in [4.78, 5) is 16.8. The number of carbonyl (C=O) groups is 1. The molecular formula is C18H29Cl2N3O. The summed E-state index contributed by atoms with van der Waals surface area (Å²) < 4.78 is 0. The van der Waals surface area contributed by atoms with Crippen LogP contribution in [0, 0.1) is 0 Å². The zero-order chi connectivity index (χ0) is 15.4. The average molecular weight is 374 g/mol. The summed E-state index contributed by atoms with van der Waals surface area (Å²) >= 11 is 0. The van der Waals surface area contributed by atoms with Crippen molar-refractivity contribution >= 4 is 36.4 Å². The smallest absolute Gasteiger partial charge is 0.224 e. The number of rotatable bonds is 4. The summed E-state index contributed by atoms with van der Waals surface area (Å²) in [5.41, 5.74) is 1.27. The molecule has 0 radical (unpaired) electrons. The summed E-state index contributed by atoms with van der Waals surface area (Å²) in [7, 11) is 2.17. The van der Waals surface area contributed by atoms with Crippen molar-refractivity contribution in [3.8, 4) is 0 Å². The monoisotopic (exact) mass is 373 g/mol. The predicted molar refractivity (Wildman–Crippen MR) is 105 cm³/mol. The molecule has 24 heavy (non-hydrogen) atoms. The molecule has 4 nitrogen and oxygen atoms in total. The summed E-state index contributed by atoms with van der Waals surface area (Å²) in [6.45, 7) is 2.86. The van der Waals surface area contributed by atoms with Crippen LogP contribution in [0.4, 0.5) is 5.69 Å². The van der Waals surface area contributed by atoms with E-state index in [-0.39, 0.29) is 24.8 Å². The van der Waals surface area contributed by atoms with Crippen molar-refractivity contribution in [3.05, 3.63) is 30.3 Å². The molecule has 1 aromatic carbocycles. The Hall–Kier alpha value is -0.970. The molecule has 2 aliphatic rings. The molecule has 0 saturated carbocycles. The van der Waals surface area contributed by atoms with Crippen LogP contribution in [0.15, 0.2) is 30.3 Å². The van der Waals surface area contributed by atoms with Gasteiger partial charge in [0.15, 0.2) is 0 Å². The number of nitrogens with zero attached hydrogens (tertiary/aromatic N) is 2. The number of amides is 1. The van der Waals surface area contributed by atoms with E-state index in [9.17, 15) is 4.79 Å². The number of likely N-dealkylation sites (tertiary alicyclic amines) is 1. The van der Waals surface area contributed by atoms with Gasteiger partial charge in [0.1, 0.15) is 0 Å². The molecule has 2 fully saturated rings. The molecular weight excluding hydrogens is 345 g/mol. The van der Waals surface area contributed by atoms with Crippen molar-refractivity contribution in [2.24, 2.45) is 0 Å². The van der Waals surface area contributed by atoms with E-state index in [4.69, 9.17) is 0 Å². The first-order chi connectivity index (χ1) is 10.7. The molecule has 3 rings (SSSR count). The first-order valence-corrected chi connectivity index (χ1v) is 8.53. The predicted octanol–water partition coefficient (Wildman–Crippen LogP) is 3.10. The Morgan fingerprint density at radius 2 is 1.83 bits per heavy atom. The molecule has 136 valence electrons. The van der Waals surface area contributed by atoms with Gasteiger partial charge in [-0.2, -0.15) is 0 Å². The van der Waals surface area contributed by atoms with Crippen LogP contribution in [-0.2, 0) is 4.79 Å². The van der Waals surface area contributed by atoms with Crippen LogP contribution in [0.3, 0.4) is 0 Å². The van der Waals surface area contributed by atoms with Crippen molar-refractivity contribution < 1.29 is 4.79 Å². The van der Waals surface area contributed by atoms with Gasteiger partial charge in [-0.1, -0.05) is 18.2 Å². The van der Waals surface area contributed by atoms with Gasteiger partial charge >= 0.3 is 0 Å². The first kappa shape index (κ1) is 21.1. The topological polar surface area (TPSA) is 35.6 Å². The normalized spacial score (nSPS) is 20.9. The highest BCUT2D eigenvalue weighted by Gasteiger charge is 2.27. The Balaban J connectivity index is 0.00000144. The Bertz CT molecular complexity index is 486. The van der Waals surface area contributed by atoms with E-state index >= 15 is 0 Å². The summed E-state index contributed by atoms with van der Waals surface area (Å²) in [6, 6.07) is 11.5. The van der Waals surface area contributed by atoms with Crippen LogP contribution >= 0.6 is 24.8 Å². The highest BCUT2D eigenvalue weighted by molar-refractivity contribution is 5.85. The number of hydrogen-bond acceptors (Lipinski definition) is 3. The molecule has 0 aromatic heterocycles. The maximum atomic E-state index is 12.4. The van der Waals surface area contributed by atoms with Crippen LogP contribution in [0.5, 0.6) is 0 Å². The number of nitrogens with one attached hydrogen (secondary N) is 1. The number of halogens is 2. The van der Waals surface area contributed by atoms with E-state index in [1.54, 1.807) is 0 Å². The number of benzene rings is 1. The van der Waals surface area contributed by atoms with E-state index in [1.807, 2.05) is 0 Å². The zero-order valence-corrected chi connectivity index (χ0v) is 16.0. The lowest BCUT2D eigenvalue weighted by Crippen LogP contribution is -2.46. The highest BCUT2D eigenvalue weighted by atomic mass is 35.5. The molecule has 1 aromatic rings. The second-order valence-corrected chi connectivity index (χ2v) is 6.56. The van der Waals surface area contributed by atoms with Gasteiger partial charge in [-0.25, -0.2) is 0 Å². The van der Waals surface area contributed by atoms with Crippen LogP contribution < -0.4 is 10.2 Å². The molecule has 0 bridgehead atoms. The molecule has 2 saturated heterocycles. The lowest BCUT2D eigenvalue weighted by molar-refractivity contribution is -0.132. The fraction of sp³-hybridized carbons (Fsp3) is 0.611. The molecule has 6 heteroatoms. The number of anilines is 1. The number of carbonyl (C=O) groups excluding carboxylic acids is 1. The third kappa shape index (κ3) is 5.27. The van der Waals surface area contributed by atoms with Crippen molar-refractivity contribution in [2.45, 2.75) is 44.2 Å². The van der Waals surface area contributed by atoms with Gasteiger partial charge < -0.3 is 15.1 Å². The maximum absolute atomic E-state index is 12.4. The third-order valence-electron chi connectivity index (χ3n) is 5.11.